The summed E-state index contributed by atoms with van der Waals surface area (Å²) in [6.07, 6.45) is 7.32. The van der Waals surface area contributed by atoms with Crippen LogP contribution in [0.5, 0.6) is 0 Å². The average molecular weight is 168 g/mol. The Balaban J connectivity index is 2.20. The first-order valence-corrected chi connectivity index (χ1v) is 5.49. The zero-order chi connectivity index (χ0) is 9.19. The lowest BCUT2D eigenvalue weighted by molar-refractivity contribution is 0.344. The van der Waals surface area contributed by atoms with Crippen LogP contribution in [0.1, 0.15) is 59.8 Å². The predicted octanol–water partition coefficient (Wildman–Crippen LogP) is 4.25. The summed E-state index contributed by atoms with van der Waals surface area (Å²) in [6.45, 7) is 9.50. The van der Waals surface area contributed by atoms with E-state index in [2.05, 4.69) is 27.7 Å². The van der Waals surface area contributed by atoms with Crippen LogP contribution in [0.15, 0.2) is 0 Å². The fraction of sp³-hybridized carbons (Fsp3) is 1.00. The van der Waals surface area contributed by atoms with E-state index in [-0.39, 0.29) is 0 Å². The Bertz CT molecular complexity index is 133. The van der Waals surface area contributed by atoms with Gasteiger partial charge in [-0.15, -0.1) is 0 Å². The van der Waals surface area contributed by atoms with Crippen molar-refractivity contribution in [2.24, 2.45) is 17.3 Å². The lowest BCUT2D eigenvalue weighted by Gasteiger charge is -2.17. The van der Waals surface area contributed by atoms with Crippen molar-refractivity contribution in [3.63, 3.8) is 0 Å². The highest BCUT2D eigenvalue weighted by Gasteiger charge is 2.30. The summed E-state index contributed by atoms with van der Waals surface area (Å²) in [6, 6.07) is 0. The first-order chi connectivity index (χ1) is 5.49. The minimum atomic E-state index is 0.654. The van der Waals surface area contributed by atoms with E-state index in [1.54, 1.807) is 0 Å². The average Bonchev–Trinajstić information content (AvgIpc) is 2.26. The van der Waals surface area contributed by atoms with Gasteiger partial charge in [-0.3, -0.25) is 0 Å². The van der Waals surface area contributed by atoms with E-state index in [9.17, 15) is 0 Å². The van der Waals surface area contributed by atoms with Crippen molar-refractivity contribution in [1.82, 2.24) is 0 Å². The molecule has 0 aliphatic heterocycles. The van der Waals surface area contributed by atoms with Gasteiger partial charge in [0.05, 0.1) is 0 Å². The molecule has 1 aliphatic carbocycles. The van der Waals surface area contributed by atoms with Crippen LogP contribution >= 0.6 is 0 Å². The zero-order valence-electron chi connectivity index (χ0n) is 9.19. The Morgan fingerprint density at radius 2 is 2.00 bits per heavy atom. The number of rotatable bonds is 3. The zero-order valence-corrected chi connectivity index (χ0v) is 9.19. The highest BCUT2D eigenvalue weighted by atomic mass is 14.4. The quantitative estimate of drug-likeness (QED) is 0.591. The van der Waals surface area contributed by atoms with Crippen LogP contribution < -0.4 is 0 Å². The van der Waals surface area contributed by atoms with E-state index in [4.69, 9.17) is 0 Å². The second-order valence-corrected chi connectivity index (χ2v) is 5.74. The summed E-state index contributed by atoms with van der Waals surface area (Å²) in [5.41, 5.74) is 0.654. The van der Waals surface area contributed by atoms with Gasteiger partial charge >= 0.3 is 0 Å². The second-order valence-electron chi connectivity index (χ2n) is 5.74. The third-order valence-electron chi connectivity index (χ3n) is 3.22. The molecule has 0 bridgehead atoms. The molecule has 0 saturated heterocycles. The Hall–Kier alpha value is 0. The monoisotopic (exact) mass is 168 g/mol. The first-order valence-electron chi connectivity index (χ1n) is 5.49. The van der Waals surface area contributed by atoms with Crippen LogP contribution in [0, 0.1) is 17.3 Å². The molecule has 0 nitrogen and oxygen atoms in total. The normalized spacial score (nSPS) is 28.2. The highest BCUT2D eigenvalue weighted by Crippen LogP contribution is 2.42. The Morgan fingerprint density at radius 3 is 2.42 bits per heavy atom. The van der Waals surface area contributed by atoms with Crippen molar-refractivity contribution in [2.45, 2.75) is 59.8 Å². The molecule has 12 heavy (non-hydrogen) atoms. The van der Waals surface area contributed by atoms with Gasteiger partial charge in [-0.2, -0.15) is 0 Å². The smallest absolute Gasteiger partial charge is 0.0351 e. The number of hydrogen-bond donors (Lipinski definition) is 0. The summed E-state index contributed by atoms with van der Waals surface area (Å²) in [4.78, 5) is 0. The van der Waals surface area contributed by atoms with Gasteiger partial charge in [-0.25, -0.2) is 0 Å². The maximum absolute atomic E-state index is 2.42. The van der Waals surface area contributed by atoms with E-state index < -0.39 is 0 Å². The topological polar surface area (TPSA) is 0 Å². The van der Waals surface area contributed by atoms with Crippen molar-refractivity contribution in [3.05, 3.63) is 0 Å². The summed E-state index contributed by atoms with van der Waals surface area (Å²) in [5.74, 6) is 1.94. The van der Waals surface area contributed by atoms with Crippen LogP contribution in [0.4, 0.5) is 0 Å². The fourth-order valence-corrected chi connectivity index (χ4v) is 2.40. The highest BCUT2D eigenvalue weighted by molar-refractivity contribution is 4.81. The van der Waals surface area contributed by atoms with Crippen molar-refractivity contribution in [1.29, 1.82) is 0 Å². The minimum absolute atomic E-state index is 0.654. The molecule has 1 aliphatic rings. The van der Waals surface area contributed by atoms with E-state index in [1.807, 2.05) is 0 Å². The molecular formula is C12H24. The Kier molecular flexibility index (Phi) is 3.20. The Morgan fingerprint density at radius 1 is 1.33 bits per heavy atom. The summed E-state index contributed by atoms with van der Waals surface area (Å²) < 4.78 is 0. The molecule has 0 aromatic carbocycles. The largest absolute Gasteiger partial charge is 0.0628 e. The molecule has 1 saturated carbocycles. The molecule has 72 valence electrons. The van der Waals surface area contributed by atoms with Crippen LogP contribution in [-0.2, 0) is 0 Å². The van der Waals surface area contributed by atoms with Gasteiger partial charge in [-0.1, -0.05) is 40.5 Å². The van der Waals surface area contributed by atoms with Gasteiger partial charge in [0.1, 0.15) is 0 Å². The van der Waals surface area contributed by atoms with Gasteiger partial charge in [0.2, 0.25) is 0 Å². The van der Waals surface area contributed by atoms with E-state index in [0.29, 0.717) is 5.41 Å². The van der Waals surface area contributed by atoms with E-state index in [0.717, 1.165) is 11.8 Å². The third-order valence-corrected chi connectivity index (χ3v) is 3.22. The first kappa shape index (κ1) is 10.1. The third kappa shape index (κ3) is 3.16. The standard InChI is InChI=1S/C12H24/c1-10(2)5-6-11-7-8-12(3,4)9-11/h10-11H,5-9H2,1-4H3. The fourth-order valence-electron chi connectivity index (χ4n) is 2.40. The maximum atomic E-state index is 2.42. The minimum Gasteiger partial charge on any atom is -0.0628 e. The molecule has 0 spiro atoms. The van der Waals surface area contributed by atoms with Gasteiger partial charge in [0.15, 0.2) is 0 Å². The lowest BCUT2D eigenvalue weighted by Crippen LogP contribution is -2.05. The van der Waals surface area contributed by atoms with Gasteiger partial charge < -0.3 is 0 Å². The summed E-state index contributed by atoms with van der Waals surface area (Å²) in [5, 5.41) is 0. The number of hydrogen-bond acceptors (Lipinski definition) is 0. The van der Waals surface area contributed by atoms with Crippen LogP contribution in [-0.4, -0.2) is 0 Å². The molecule has 0 aromatic heterocycles. The van der Waals surface area contributed by atoms with Gasteiger partial charge in [0, 0.05) is 0 Å². The molecule has 1 rings (SSSR count). The Labute approximate surface area is 77.7 Å². The molecule has 0 amide bonds. The molecule has 1 fully saturated rings. The summed E-state index contributed by atoms with van der Waals surface area (Å²) >= 11 is 0. The van der Waals surface area contributed by atoms with Gasteiger partial charge in [-0.05, 0) is 36.5 Å². The second kappa shape index (κ2) is 3.81. The van der Waals surface area contributed by atoms with Crippen molar-refractivity contribution < 1.29 is 0 Å². The predicted molar refractivity (Wildman–Crippen MR) is 55.2 cm³/mol. The van der Waals surface area contributed by atoms with Crippen molar-refractivity contribution >= 4 is 0 Å². The molecule has 0 N–H and O–H groups in total. The summed E-state index contributed by atoms with van der Waals surface area (Å²) in [7, 11) is 0. The van der Waals surface area contributed by atoms with E-state index in [1.165, 1.54) is 32.1 Å². The van der Waals surface area contributed by atoms with Gasteiger partial charge in [0.25, 0.3) is 0 Å². The molecule has 0 aromatic rings. The molecule has 0 radical (unpaired) electrons. The molecule has 0 heterocycles. The van der Waals surface area contributed by atoms with Crippen LogP contribution in [0.3, 0.4) is 0 Å². The van der Waals surface area contributed by atoms with Crippen molar-refractivity contribution in [2.75, 3.05) is 0 Å². The molecule has 1 atom stereocenters. The van der Waals surface area contributed by atoms with Crippen LogP contribution in [0.25, 0.3) is 0 Å². The maximum Gasteiger partial charge on any atom is -0.0351 e. The SMILES string of the molecule is CC(C)CCC1CCC(C)(C)C1. The van der Waals surface area contributed by atoms with E-state index >= 15 is 0 Å². The van der Waals surface area contributed by atoms with Crippen LogP contribution in [0.2, 0.25) is 0 Å². The molecule has 1 unspecified atom stereocenters. The molecule has 0 heteroatoms. The lowest BCUT2D eigenvalue weighted by atomic mass is 9.89. The van der Waals surface area contributed by atoms with Crippen molar-refractivity contribution in [3.8, 4) is 0 Å². The molecular weight excluding hydrogens is 144 g/mol.